The van der Waals surface area contributed by atoms with Crippen LogP contribution in [0, 0.1) is 6.92 Å². The summed E-state index contributed by atoms with van der Waals surface area (Å²) in [5.41, 5.74) is 10.4. The molecule has 1 N–H and O–H groups in total. The third kappa shape index (κ3) is 5.90. The van der Waals surface area contributed by atoms with Crippen LogP contribution in [0.4, 0.5) is 0 Å². The van der Waals surface area contributed by atoms with Crippen molar-refractivity contribution < 1.29 is 4.79 Å². The Bertz CT molecular complexity index is 1980. The van der Waals surface area contributed by atoms with Gasteiger partial charge < -0.3 is 4.57 Å². The maximum Gasteiger partial charge on any atom is 0.250 e. The van der Waals surface area contributed by atoms with E-state index in [1.54, 1.807) is 6.21 Å². The van der Waals surface area contributed by atoms with Crippen molar-refractivity contribution in [3.63, 3.8) is 0 Å². The Morgan fingerprint density at radius 1 is 0.909 bits per heavy atom. The summed E-state index contributed by atoms with van der Waals surface area (Å²) in [7, 11) is 0. The molecule has 0 saturated heterocycles. The number of carbonyl (C=O) groups excluding carboxylic acids is 1. The molecule has 2 heterocycles. The predicted octanol–water partition coefficient (Wildman–Crippen LogP) is 7.91. The monoisotopic (exact) mass is 600 g/mol. The molecule has 0 aliphatic carbocycles. The van der Waals surface area contributed by atoms with Gasteiger partial charge in [-0.2, -0.15) is 5.10 Å². The zero-order valence-electron chi connectivity index (χ0n) is 25.7. The van der Waals surface area contributed by atoms with Gasteiger partial charge in [0.05, 0.1) is 12.0 Å². The molecule has 0 spiro atoms. The van der Waals surface area contributed by atoms with Crippen molar-refractivity contribution in [2.75, 3.05) is 5.75 Å². The predicted molar refractivity (Wildman–Crippen MR) is 182 cm³/mol. The molecule has 0 unspecified atom stereocenters. The van der Waals surface area contributed by atoms with Crippen LogP contribution in [0.15, 0.2) is 101 Å². The number of aryl methyl sites for hydroxylation is 2. The fourth-order valence-corrected chi connectivity index (χ4v) is 6.17. The van der Waals surface area contributed by atoms with Crippen molar-refractivity contribution in [3.05, 3.63) is 108 Å². The maximum atomic E-state index is 12.8. The second-order valence-corrected chi connectivity index (χ2v) is 12.9. The summed E-state index contributed by atoms with van der Waals surface area (Å²) in [5, 5.41) is 16.3. The normalized spacial score (nSPS) is 12.0. The highest BCUT2D eigenvalue weighted by molar-refractivity contribution is 7.99. The first-order valence-electron chi connectivity index (χ1n) is 14.8. The van der Waals surface area contributed by atoms with E-state index in [0.717, 1.165) is 29.2 Å². The quantitative estimate of drug-likeness (QED) is 0.109. The van der Waals surface area contributed by atoms with Crippen LogP contribution >= 0.6 is 11.8 Å². The molecule has 0 saturated carbocycles. The number of carbonyl (C=O) groups is 1. The van der Waals surface area contributed by atoms with Gasteiger partial charge in [0.25, 0.3) is 5.91 Å². The van der Waals surface area contributed by atoms with Crippen molar-refractivity contribution in [1.82, 2.24) is 24.8 Å². The molecular formula is C36H36N6OS. The van der Waals surface area contributed by atoms with Gasteiger partial charge in [-0.3, -0.25) is 9.36 Å². The van der Waals surface area contributed by atoms with Crippen LogP contribution in [0.5, 0.6) is 0 Å². The van der Waals surface area contributed by atoms with E-state index in [2.05, 4.69) is 145 Å². The molecule has 222 valence electrons. The molecule has 0 atom stereocenters. The molecular weight excluding hydrogens is 565 g/mol. The van der Waals surface area contributed by atoms with Crippen molar-refractivity contribution in [1.29, 1.82) is 0 Å². The maximum absolute atomic E-state index is 12.8. The second-order valence-electron chi connectivity index (χ2n) is 11.9. The third-order valence-corrected chi connectivity index (χ3v) is 8.71. The first-order valence-corrected chi connectivity index (χ1v) is 15.8. The Morgan fingerprint density at radius 3 is 2.36 bits per heavy atom. The van der Waals surface area contributed by atoms with E-state index in [0.29, 0.717) is 5.16 Å². The Labute approximate surface area is 262 Å². The van der Waals surface area contributed by atoms with E-state index in [1.165, 1.54) is 44.7 Å². The average Bonchev–Trinajstić information content (AvgIpc) is 3.59. The summed E-state index contributed by atoms with van der Waals surface area (Å²) < 4.78 is 4.32. The molecule has 0 fully saturated rings. The zero-order valence-corrected chi connectivity index (χ0v) is 26.5. The summed E-state index contributed by atoms with van der Waals surface area (Å²) in [6.07, 6.45) is 1.69. The highest BCUT2D eigenvalue weighted by Crippen LogP contribution is 2.31. The van der Waals surface area contributed by atoms with Crippen molar-refractivity contribution in [2.45, 2.75) is 51.7 Å². The van der Waals surface area contributed by atoms with E-state index in [-0.39, 0.29) is 17.1 Å². The molecule has 4 aromatic carbocycles. The molecule has 0 aliphatic rings. The van der Waals surface area contributed by atoms with E-state index >= 15 is 0 Å². The van der Waals surface area contributed by atoms with Crippen LogP contribution in [0.1, 0.15) is 44.4 Å². The minimum absolute atomic E-state index is 0.0578. The number of benzene rings is 4. The zero-order chi connectivity index (χ0) is 30.8. The Balaban J connectivity index is 1.19. The number of fused-ring (bicyclic) bond motifs is 3. The summed E-state index contributed by atoms with van der Waals surface area (Å²) in [5.74, 6) is 0.660. The molecule has 0 radical (unpaired) electrons. The number of aromatic nitrogens is 4. The lowest BCUT2D eigenvalue weighted by Crippen LogP contribution is -2.20. The van der Waals surface area contributed by atoms with Gasteiger partial charge in [-0.25, -0.2) is 5.43 Å². The minimum atomic E-state index is -0.218. The number of thioether (sulfide) groups is 1. The van der Waals surface area contributed by atoms with Gasteiger partial charge in [-0.15, -0.1) is 10.2 Å². The largest absolute Gasteiger partial charge is 0.341 e. The Hall–Kier alpha value is -4.69. The van der Waals surface area contributed by atoms with Gasteiger partial charge in [0.1, 0.15) is 0 Å². The van der Waals surface area contributed by atoms with Crippen molar-refractivity contribution >= 4 is 45.7 Å². The van der Waals surface area contributed by atoms with Gasteiger partial charge in [-0.1, -0.05) is 98.8 Å². The summed E-state index contributed by atoms with van der Waals surface area (Å²) in [4.78, 5) is 12.8. The molecule has 6 aromatic rings. The van der Waals surface area contributed by atoms with E-state index < -0.39 is 0 Å². The fourth-order valence-electron chi connectivity index (χ4n) is 5.43. The summed E-state index contributed by atoms with van der Waals surface area (Å²) in [6, 6.07) is 31.4. The SMILES string of the molecule is CCn1c2ccccc2c2cc(/C=N\NC(=O)CSc3nnc(-c4ccc(C(C)(C)C)cc4)n3-c3ccc(C)cc3)ccc21. The standard InChI is InChI=1S/C36H36N6OS/c1-6-41-31-10-8-7-9-29(31)30-21-25(13-20-32(30)41)22-37-38-33(43)23-44-35-40-39-34(42(35)28-18-11-24(2)12-19-28)26-14-16-27(17-15-26)36(3,4)5/h7-22H,6,23H2,1-5H3,(H,38,43)/b37-22-. The lowest BCUT2D eigenvalue weighted by atomic mass is 9.87. The third-order valence-electron chi connectivity index (χ3n) is 7.78. The molecule has 1 amide bonds. The fraction of sp³-hybridized carbons (Fsp3) is 0.222. The Morgan fingerprint density at radius 2 is 1.64 bits per heavy atom. The number of amides is 1. The van der Waals surface area contributed by atoms with Gasteiger partial charge in [0.2, 0.25) is 0 Å². The molecule has 44 heavy (non-hydrogen) atoms. The minimum Gasteiger partial charge on any atom is -0.341 e. The first kappa shape index (κ1) is 29.4. The van der Waals surface area contributed by atoms with Gasteiger partial charge in [0.15, 0.2) is 11.0 Å². The molecule has 0 aliphatic heterocycles. The number of nitrogens with zero attached hydrogens (tertiary/aromatic N) is 5. The molecule has 0 bridgehead atoms. The number of hydrazone groups is 1. The number of para-hydroxylation sites is 1. The topological polar surface area (TPSA) is 77.1 Å². The Kier molecular flexibility index (Phi) is 8.10. The van der Waals surface area contributed by atoms with Crippen LogP contribution in [0.2, 0.25) is 0 Å². The van der Waals surface area contributed by atoms with Gasteiger partial charge in [-0.05, 0) is 60.7 Å². The summed E-state index contributed by atoms with van der Waals surface area (Å²) >= 11 is 1.33. The smallest absolute Gasteiger partial charge is 0.250 e. The van der Waals surface area contributed by atoms with Gasteiger partial charge in [0, 0.05) is 39.6 Å². The van der Waals surface area contributed by atoms with Crippen LogP contribution in [-0.2, 0) is 16.8 Å². The lowest BCUT2D eigenvalue weighted by Gasteiger charge is -2.19. The highest BCUT2D eigenvalue weighted by atomic mass is 32.2. The number of hydrogen-bond donors (Lipinski definition) is 1. The van der Waals surface area contributed by atoms with Crippen LogP contribution in [-0.4, -0.2) is 37.2 Å². The number of nitrogens with one attached hydrogen (secondary N) is 1. The molecule has 2 aromatic heterocycles. The van der Waals surface area contributed by atoms with Crippen molar-refractivity contribution in [3.8, 4) is 17.1 Å². The van der Waals surface area contributed by atoms with Crippen LogP contribution in [0.3, 0.4) is 0 Å². The average molecular weight is 601 g/mol. The summed E-state index contributed by atoms with van der Waals surface area (Å²) in [6.45, 7) is 11.7. The number of hydrogen-bond acceptors (Lipinski definition) is 5. The number of rotatable bonds is 8. The van der Waals surface area contributed by atoms with Gasteiger partial charge >= 0.3 is 0 Å². The first-order chi connectivity index (χ1) is 21.2. The van der Waals surface area contributed by atoms with E-state index in [9.17, 15) is 4.79 Å². The van der Waals surface area contributed by atoms with Crippen LogP contribution < -0.4 is 5.43 Å². The highest BCUT2D eigenvalue weighted by Gasteiger charge is 2.19. The molecule has 6 rings (SSSR count). The van der Waals surface area contributed by atoms with Crippen LogP contribution in [0.25, 0.3) is 38.9 Å². The van der Waals surface area contributed by atoms with Crippen molar-refractivity contribution in [2.24, 2.45) is 5.10 Å². The molecule has 7 nitrogen and oxygen atoms in total. The second kappa shape index (κ2) is 12.1. The van der Waals surface area contributed by atoms with E-state index in [4.69, 9.17) is 0 Å². The van der Waals surface area contributed by atoms with E-state index in [1.807, 2.05) is 10.6 Å². The molecule has 8 heteroatoms. The lowest BCUT2D eigenvalue weighted by molar-refractivity contribution is -0.118.